The van der Waals surface area contributed by atoms with Gasteiger partial charge in [-0.3, -0.25) is 9.59 Å². The first-order valence-corrected chi connectivity index (χ1v) is 10.8. The molecule has 0 saturated carbocycles. The van der Waals surface area contributed by atoms with E-state index in [1.807, 2.05) is 0 Å². The zero-order chi connectivity index (χ0) is 24.2. The number of nitrogens with zero attached hydrogens (tertiary/aromatic N) is 1. The van der Waals surface area contributed by atoms with E-state index in [2.05, 4.69) is 5.32 Å². The van der Waals surface area contributed by atoms with Crippen molar-refractivity contribution in [3.05, 3.63) is 83.8 Å². The van der Waals surface area contributed by atoms with Gasteiger partial charge in [-0.1, -0.05) is 6.07 Å². The van der Waals surface area contributed by atoms with Crippen LogP contribution in [-0.4, -0.2) is 31.1 Å². The molecule has 0 bridgehead atoms. The van der Waals surface area contributed by atoms with Crippen LogP contribution in [0.1, 0.15) is 21.7 Å². The van der Waals surface area contributed by atoms with Crippen molar-refractivity contribution in [1.82, 2.24) is 4.31 Å². The molecule has 0 aliphatic rings. The third-order valence-electron chi connectivity index (χ3n) is 4.48. The van der Waals surface area contributed by atoms with Gasteiger partial charge in [0.1, 0.15) is 5.76 Å². The minimum absolute atomic E-state index is 0.184. The smallest absolute Gasteiger partial charge is 0.416 e. The van der Waals surface area contributed by atoms with Gasteiger partial charge in [-0.2, -0.15) is 17.5 Å². The van der Waals surface area contributed by atoms with Gasteiger partial charge in [-0.15, -0.1) is 0 Å². The van der Waals surface area contributed by atoms with Crippen molar-refractivity contribution in [2.45, 2.75) is 17.6 Å². The fourth-order valence-electron chi connectivity index (χ4n) is 2.86. The second-order valence-electron chi connectivity index (χ2n) is 6.87. The van der Waals surface area contributed by atoms with E-state index in [1.54, 1.807) is 0 Å². The van der Waals surface area contributed by atoms with Crippen molar-refractivity contribution in [2.24, 2.45) is 5.73 Å². The summed E-state index contributed by atoms with van der Waals surface area (Å²) in [7, 11) is -4.51. The summed E-state index contributed by atoms with van der Waals surface area (Å²) >= 11 is 0. The molecule has 1 aromatic heterocycles. The Labute approximate surface area is 186 Å². The first-order valence-electron chi connectivity index (χ1n) is 9.36. The molecule has 0 aliphatic heterocycles. The number of hydrogen-bond donors (Lipinski definition) is 2. The minimum Gasteiger partial charge on any atom is -0.468 e. The van der Waals surface area contributed by atoms with Gasteiger partial charge in [0.25, 0.3) is 0 Å². The first-order chi connectivity index (χ1) is 15.5. The number of halogens is 3. The van der Waals surface area contributed by atoms with Crippen LogP contribution in [-0.2, 0) is 27.5 Å². The number of furan rings is 1. The number of sulfonamides is 1. The zero-order valence-corrected chi connectivity index (χ0v) is 17.7. The number of primary amides is 1. The van der Waals surface area contributed by atoms with Crippen LogP contribution >= 0.6 is 0 Å². The van der Waals surface area contributed by atoms with Crippen LogP contribution in [0.25, 0.3) is 0 Å². The molecule has 0 unspecified atom stereocenters. The van der Waals surface area contributed by atoms with Crippen molar-refractivity contribution in [3.8, 4) is 0 Å². The van der Waals surface area contributed by atoms with Crippen molar-refractivity contribution in [3.63, 3.8) is 0 Å². The van der Waals surface area contributed by atoms with Crippen molar-refractivity contribution in [1.29, 1.82) is 0 Å². The highest BCUT2D eigenvalue weighted by Gasteiger charge is 2.34. The molecule has 174 valence electrons. The summed E-state index contributed by atoms with van der Waals surface area (Å²) in [4.78, 5) is 23.1. The lowest BCUT2D eigenvalue weighted by Crippen LogP contribution is -2.37. The molecule has 1 heterocycles. The molecule has 3 aromatic rings. The molecule has 0 spiro atoms. The molecule has 8 nitrogen and oxygen atoms in total. The summed E-state index contributed by atoms with van der Waals surface area (Å²) in [6.45, 7) is -1.10. The average Bonchev–Trinajstić information content (AvgIpc) is 3.26. The lowest BCUT2D eigenvalue weighted by Gasteiger charge is -2.21. The Morgan fingerprint density at radius 1 is 1.03 bits per heavy atom. The number of anilines is 1. The number of benzene rings is 2. The highest BCUT2D eigenvalue weighted by molar-refractivity contribution is 7.89. The monoisotopic (exact) mass is 481 g/mol. The number of carbonyl (C=O) groups excluding carboxylic acids is 2. The quantitative estimate of drug-likeness (QED) is 0.512. The molecule has 0 atom stereocenters. The zero-order valence-electron chi connectivity index (χ0n) is 16.9. The second kappa shape index (κ2) is 9.46. The SMILES string of the molecule is NC(=O)c1ccc(NC(=O)CN(Cc2ccco2)S(=O)(=O)c2cccc(C(F)(F)F)c2)cc1. The molecule has 33 heavy (non-hydrogen) atoms. The summed E-state index contributed by atoms with van der Waals surface area (Å²) < 4.78 is 71.3. The number of amides is 2. The Balaban J connectivity index is 1.86. The van der Waals surface area contributed by atoms with E-state index in [0.29, 0.717) is 10.4 Å². The minimum atomic E-state index is -4.74. The number of nitrogens with one attached hydrogen (secondary N) is 1. The molecular weight excluding hydrogens is 463 g/mol. The van der Waals surface area contributed by atoms with Crippen molar-refractivity contribution < 1.29 is 35.6 Å². The summed E-state index contributed by atoms with van der Waals surface area (Å²) in [5.41, 5.74) is 4.49. The molecule has 12 heteroatoms. The van der Waals surface area contributed by atoms with E-state index in [0.717, 1.165) is 18.2 Å². The second-order valence-corrected chi connectivity index (χ2v) is 8.81. The summed E-state index contributed by atoms with van der Waals surface area (Å²) in [6.07, 6.45) is -3.45. The largest absolute Gasteiger partial charge is 0.468 e. The molecular formula is C21H18F3N3O5S. The van der Waals surface area contributed by atoms with Gasteiger partial charge in [0.2, 0.25) is 21.8 Å². The van der Waals surface area contributed by atoms with Gasteiger partial charge in [0, 0.05) is 11.3 Å². The molecule has 0 aliphatic carbocycles. The molecule has 2 aromatic carbocycles. The van der Waals surface area contributed by atoms with Crippen LogP contribution in [0.2, 0.25) is 0 Å². The van der Waals surface area contributed by atoms with Crippen LogP contribution in [0.5, 0.6) is 0 Å². The molecule has 0 radical (unpaired) electrons. The Kier molecular flexibility index (Phi) is 6.89. The van der Waals surface area contributed by atoms with Crippen molar-refractivity contribution in [2.75, 3.05) is 11.9 Å². The third kappa shape index (κ3) is 5.99. The summed E-state index contributed by atoms with van der Waals surface area (Å²) in [5, 5.41) is 2.47. The Morgan fingerprint density at radius 3 is 2.30 bits per heavy atom. The van der Waals surface area contributed by atoms with Crippen LogP contribution < -0.4 is 11.1 Å². The van der Waals surface area contributed by atoms with E-state index in [4.69, 9.17) is 10.2 Å². The number of nitrogens with two attached hydrogens (primary N) is 1. The number of carbonyl (C=O) groups is 2. The van der Waals surface area contributed by atoms with E-state index >= 15 is 0 Å². The Hall–Kier alpha value is -3.64. The number of hydrogen-bond acceptors (Lipinski definition) is 5. The fraction of sp³-hybridized carbons (Fsp3) is 0.143. The lowest BCUT2D eigenvalue weighted by molar-refractivity contribution is -0.137. The molecule has 3 rings (SSSR count). The highest BCUT2D eigenvalue weighted by atomic mass is 32.2. The Bertz CT molecular complexity index is 1240. The maximum absolute atomic E-state index is 13.1. The van der Waals surface area contributed by atoms with Gasteiger partial charge in [0.15, 0.2) is 0 Å². The summed E-state index contributed by atoms with van der Waals surface area (Å²) in [5.74, 6) is -1.24. The molecule has 0 fully saturated rings. The number of rotatable bonds is 8. The molecule has 0 saturated heterocycles. The third-order valence-corrected chi connectivity index (χ3v) is 6.27. The maximum atomic E-state index is 13.1. The predicted octanol–water partition coefficient (Wildman–Crippen LogP) is 3.23. The standard InChI is InChI=1S/C21H18F3N3O5S/c22-21(23,24)15-3-1-5-18(11-15)33(30,31)27(12-17-4-2-10-32-17)13-19(28)26-16-8-6-14(7-9-16)20(25)29/h1-11H,12-13H2,(H2,25,29)(H,26,28). The fourth-order valence-corrected chi connectivity index (χ4v) is 4.27. The van der Waals surface area contributed by atoms with Crippen LogP contribution in [0, 0.1) is 0 Å². The average molecular weight is 481 g/mol. The predicted molar refractivity (Wildman–Crippen MR) is 111 cm³/mol. The van der Waals surface area contributed by atoms with Gasteiger partial charge < -0.3 is 15.5 Å². The van der Waals surface area contributed by atoms with E-state index in [1.165, 1.54) is 42.7 Å². The van der Waals surface area contributed by atoms with Crippen LogP contribution in [0.15, 0.2) is 76.2 Å². The number of alkyl halides is 3. The van der Waals surface area contributed by atoms with Crippen molar-refractivity contribution >= 4 is 27.5 Å². The maximum Gasteiger partial charge on any atom is 0.416 e. The van der Waals surface area contributed by atoms with Crippen LogP contribution in [0.4, 0.5) is 18.9 Å². The van der Waals surface area contributed by atoms with Gasteiger partial charge in [-0.25, -0.2) is 8.42 Å². The van der Waals surface area contributed by atoms with Gasteiger partial charge >= 0.3 is 6.18 Å². The Morgan fingerprint density at radius 2 is 1.73 bits per heavy atom. The van der Waals surface area contributed by atoms with E-state index in [9.17, 15) is 31.2 Å². The molecule has 2 amide bonds. The van der Waals surface area contributed by atoms with E-state index in [-0.39, 0.29) is 23.6 Å². The van der Waals surface area contributed by atoms with Gasteiger partial charge in [-0.05, 0) is 54.6 Å². The normalized spacial score (nSPS) is 12.0. The topological polar surface area (TPSA) is 123 Å². The lowest BCUT2D eigenvalue weighted by atomic mass is 10.2. The van der Waals surface area contributed by atoms with Gasteiger partial charge in [0.05, 0.1) is 29.8 Å². The summed E-state index contributed by atoms with van der Waals surface area (Å²) in [6, 6.07) is 11.8. The van der Waals surface area contributed by atoms with Crippen LogP contribution in [0.3, 0.4) is 0 Å². The molecule has 3 N–H and O–H groups in total. The van der Waals surface area contributed by atoms with E-state index < -0.39 is 45.0 Å². The highest BCUT2D eigenvalue weighted by Crippen LogP contribution is 2.31. The first kappa shape index (κ1) is 24.0.